The minimum absolute atomic E-state index is 0.0745. The van der Waals surface area contributed by atoms with E-state index in [0.717, 1.165) is 0 Å². The average molecular weight is 381 g/mol. The van der Waals surface area contributed by atoms with Gasteiger partial charge in [-0.05, 0) is 56.3 Å². The van der Waals surface area contributed by atoms with E-state index in [2.05, 4.69) is 10.6 Å². The van der Waals surface area contributed by atoms with E-state index in [1.165, 1.54) is 6.07 Å². The molecule has 25 heavy (non-hydrogen) atoms. The predicted octanol–water partition coefficient (Wildman–Crippen LogP) is 4.75. The fourth-order valence-electron chi connectivity index (χ4n) is 2.02. The van der Waals surface area contributed by atoms with E-state index in [1.54, 1.807) is 36.4 Å². The first-order valence-electron chi connectivity index (χ1n) is 7.65. The Labute approximate surface area is 156 Å². The molecule has 0 aliphatic heterocycles. The van der Waals surface area contributed by atoms with Gasteiger partial charge in [0, 0.05) is 11.4 Å². The van der Waals surface area contributed by atoms with E-state index in [-0.39, 0.29) is 12.5 Å². The highest BCUT2D eigenvalue weighted by molar-refractivity contribution is 6.42. The molecule has 0 fully saturated rings. The van der Waals surface area contributed by atoms with Crippen LogP contribution in [0, 0.1) is 0 Å². The topological polar surface area (TPSA) is 67.4 Å². The van der Waals surface area contributed by atoms with Gasteiger partial charge in [0.05, 0.1) is 16.1 Å². The lowest BCUT2D eigenvalue weighted by molar-refractivity contribution is -0.123. The lowest BCUT2D eigenvalue weighted by Crippen LogP contribution is -2.21. The van der Waals surface area contributed by atoms with Crippen LogP contribution < -0.4 is 15.4 Å². The van der Waals surface area contributed by atoms with Gasteiger partial charge in [0.1, 0.15) is 12.2 Å². The molecule has 0 saturated heterocycles. The molecule has 2 N–H and O–H groups in total. The van der Waals surface area contributed by atoms with Crippen LogP contribution in [0.3, 0.4) is 0 Å². The Morgan fingerprint density at radius 1 is 0.920 bits per heavy atom. The molecule has 0 unspecified atom stereocenters. The summed E-state index contributed by atoms with van der Waals surface area (Å²) in [5.41, 5.74) is 1.06. The molecule has 0 aliphatic rings. The van der Waals surface area contributed by atoms with Gasteiger partial charge in [-0.2, -0.15) is 0 Å². The molecule has 0 heterocycles. The SMILES string of the molecule is CC(C)Oc1ccc(NC(=O)CC(=O)Nc2ccc(Cl)c(Cl)c2)cc1. The summed E-state index contributed by atoms with van der Waals surface area (Å²) in [4.78, 5) is 23.9. The Kier molecular flexibility index (Phi) is 6.67. The van der Waals surface area contributed by atoms with Crippen molar-refractivity contribution in [2.75, 3.05) is 10.6 Å². The normalized spacial score (nSPS) is 10.4. The van der Waals surface area contributed by atoms with Gasteiger partial charge < -0.3 is 15.4 Å². The minimum Gasteiger partial charge on any atom is -0.491 e. The zero-order valence-corrected chi connectivity index (χ0v) is 15.3. The Bertz CT molecular complexity index is 761. The monoisotopic (exact) mass is 380 g/mol. The van der Waals surface area contributed by atoms with E-state index in [4.69, 9.17) is 27.9 Å². The fourth-order valence-corrected chi connectivity index (χ4v) is 2.32. The summed E-state index contributed by atoms with van der Waals surface area (Å²) in [5, 5.41) is 5.97. The van der Waals surface area contributed by atoms with Crippen LogP contribution in [-0.2, 0) is 9.59 Å². The number of anilines is 2. The lowest BCUT2D eigenvalue weighted by Gasteiger charge is -2.11. The van der Waals surface area contributed by atoms with Crippen LogP contribution in [0.15, 0.2) is 42.5 Å². The van der Waals surface area contributed by atoms with Crippen molar-refractivity contribution in [2.45, 2.75) is 26.4 Å². The standard InChI is InChI=1S/C18H18Cl2N2O3/c1-11(2)25-14-6-3-12(4-7-14)21-17(23)10-18(24)22-13-5-8-15(19)16(20)9-13/h3-9,11H,10H2,1-2H3,(H,21,23)(H,22,24). The maximum atomic E-state index is 11.9. The van der Waals surface area contributed by atoms with Crippen LogP contribution in [0.2, 0.25) is 10.0 Å². The van der Waals surface area contributed by atoms with Gasteiger partial charge in [0.2, 0.25) is 11.8 Å². The van der Waals surface area contributed by atoms with E-state index in [0.29, 0.717) is 27.2 Å². The molecule has 2 amide bonds. The van der Waals surface area contributed by atoms with Gasteiger partial charge in [0.15, 0.2) is 0 Å². The minimum atomic E-state index is -0.448. The van der Waals surface area contributed by atoms with E-state index < -0.39 is 11.8 Å². The first-order chi connectivity index (χ1) is 11.8. The van der Waals surface area contributed by atoms with Crippen LogP contribution >= 0.6 is 23.2 Å². The van der Waals surface area contributed by atoms with E-state index in [9.17, 15) is 9.59 Å². The first-order valence-corrected chi connectivity index (χ1v) is 8.40. The van der Waals surface area contributed by atoms with Crippen molar-refractivity contribution < 1.29 is 14.3 Å². The van der Waals surface area contributed by atoms with Crippen molar-refractivity contribution in [3.8, 4) is 5.75 Å². The van der Waals surface area contributed by atoms with E-state index >= 15 is 0 Å². The average Bonchev–Trinajstić information content (AvgIpc) is 2.52. The number of hydrogen-bond acceptors (Lipinski definition) is 3. The summed E-state index contributed by atoms with van der Waals surface area (Å²) in [6.45, 7) is 3.87. The van der Waals surface area contributed by atoms with Gasteiger partial charge >= 0.3 is 0 Å². The number of rotatable bonds is 6. The maximum Gasteiger partial charge on any atom is 0.233 e. The van der Waals surface area contributed by atoms with Crippen LogP contribution in [0.5, 0.6) is 5.75 Å². The van der Waals surface area contributed by atoms with Crippen LogP contribution in [-0.4, -0.2) is 17.9 Å². The molecule has 0 aromatic heterocycles. The lowest BCUT2D eigenvalue weighted by atomic mass is 10.2. The van der Waals surface area contributed by atoms with Crippen molar-refractivity contribution in [1.82, 2.24) is 0 Å². The molecule has 7 heteroatoms. The second-order valence-corrected chi connectivity index (χ2v) is 6.41. The molecule has 0 saturated carbocycles. The van der Waals surface area contributed by atoms with Gasteiger partial charge in [-0.25, -0.2) is 0 Å². The summed E-state index contributed by atoms with van der Waals surface area (Å²) in [5.74, 6) is -0.156. The van der Waals surface area contributed by atoms with Crippen molar-refractivity contribution >= 4 is 46.4 Å². The highest BCUT2D eigenvalue weighted by Gasteiger charge is 2.11. The molecule has 0 radical (unpaired) electrons. The molecule has 0 atom stereocenters. The summed E-state index contributed by atoms with van der Waals surface area (Å²) < 4.78 is 5.53. The van der Waals surface area contributed by atoms with Crippen LogP contribution in [0.1, 0.15) is 20.3 Å². The Balaban J connectivity index is 1.86. The largest absolute Gasteiger partial charge is 0.491 e. The number of benzene rings is 2. The van der Waals surface area contributed by atoms with Crippen LogP contribution in [0.4, 0.5) is 11.4 Å². The van der Waals surface area contributed by atoms with Gasteiger partial charge in [0.25, 0.3) is 0 Å². The number of ether oxygens (including phenoxy) is 1. The third kappa shape index (κ3) is 6.29. The van der Waals surface area contributed by atoms with Gasteiger partial charge in [-0.1, -0.05) is 23.2 Å². The molecule has 0 bridgehead atoms. The van der Waals surface area contributed by atoms with Crippen molar-refractivity contribution in [1.29, 1.82) is 0 Å². The molecule has 2 aromatic carbocycles. The molecule has 0 aliphatic carbocycles. The molecular weight excluding hydrogens is 363 g/mol. The van der Waals surface area contributed by atoms with Crippen molar-refractivity contribution in [3.05, 3.63) is 52.5 Å². The molecule has 132 valence electrons. The van der Waals surface area contributed by atoms with Crippen molar-refractivity contribution in [3.63, 3.8) is 0 Å². The molecule has 2 rings (SSSR count). The van der Waals surface area contributed by atoms with Gasteiger partial charge in [-0.15, -0.1) is 0 Å². The Hall–Kier alpha value is -2.24. The quantitative estimate of drug-likeness (QED) is 0.710. The maximum absolute atomic E-state index is 11.9. The Morgan fingerprint density at radius 2 is 1.48 bits per heavy atom. The van der Waals surface area contributed by atoms with Crippen molar-refractivity contribution in [2.24, 2.45) is 0 Å². The number of hydrogen-bond donors (Lipinski definition) is 2. The van der Waals surface area contributed by atoms with Crippen LogP contribution in [0.25, 0.3) is 0 Å². The number of carbonyl (C=O) groups is 2. The smallest absolute Gasteiger partial charge is 0.233 e. The number of amides is 2. The number of nitrogens with one attached hydrogen (secondary N) is 2. The second kappa shape index (κ2) is 8.74. The number of carbonyl (C=O) groups excluding carboxylic acids is 2. The fraction of sp³-hybridized carbons (Fsp3) is 0.222. The summed E-state index contributed by atoms with van der Waals surface area (Å²) >= 11 is 11.7. The second-order valence-electron chi connectivity index (χ2n) is 5.59. The third-order valence-corrected chi connectivity index (χ3v) is 3.77. The highest BCUT2D eigenvalue weighted by atomic mass is 35.5. The molecule has 0 spiro atoms. The summed E-state index contributed by atoms with van der Waals surface area (Å²) in [7, 11) is 0. The summed E-state index contributed by atoms with van der Waals surface area (Å²) in [6.07, 6.45) is -0.240. The Morgan fingerprint density at radius 3 is 2.04 bits per heavy atom. The number of halogens is 2. The zero-order chi connectivity index (χ0) is 18.4. The molecule has 5 nitrogen and oxygen atoms in total. The predicted molar refractivity (Wildman–Crippen MR) is 101 cm³/mol. The van der Waals surface area contributed by atoms with Gasteiger partial charge in [-0.3, -0.25) is 9.59 Å². The first kappa shape index (κ1) is 19.1. The summed E-state index contributed by atoms with van der Waals surface area (Å²) in [6, 6.07) is 11.6. The molecular formula is C18H18Cl2N2O3. The zero-order valence-electron chi connectivity index (χ0n) is 13.8. The van der Waals surface area contributed by atoms with E-state index in [1.807, 2.05) is 13.8 Å². The molecule has 2 aromatic rings. The third-order valence-electron chi connectivity index (χ3n) is 3.03. The highest BCUT2D eigenvalue weighted by Crippen LogP contribution is 2.25.